The number of amides is 2. The summed E-state index contributed by atoms with van der Waals surface area (Å²) >= 11 is 5.48. The number of hydrogen-bond donors (Lipinski definition) is 2. The average molecular weight is 207 g/mol. The maximum Gasteiger partial charge on any atom is 0.224 e. The lowest BCUT2D eigenvalue weighted by atomic mass is 10.2. The van der Waals surface area contributed by atoms with Crippen molar-refractivity contribution < 1.29 is 9.59 Å². The van der Waals surface area contributed by atoms with Gasteiger partial charge in [-0.15, -0.1) is 11.6 Å². The fourth-order valence-electron chi connectivity index (χ4n) is 0.719. The number of carbonyl (C=O) groups excluding carboxylic acids is 2. The van der Waals surface area contributed by atoms with Crippen LogP contribution in [0.2, 0.25) is 0 Å². The topological polar surface area (TPSA) is 72.2 Å². The van der Waals surface area contributed by atoms with E-state index >= 15 is 0 Å². The third-order valence-electron chi connectivity index (χ3n) is 1.58. The van der Waals surface area contributed by atoms with Crippen molar-refractivity contribution in [2.45, 2.75) is 19.8 Å². The molecule has 2 amide bonds. The lowest BCUT2D eigenvalue weighted by Crippen LogP contribution is -2.31. The highest BCUT2D eigenvalue weighted by molar-refractivity contribution is 6.19. The van der Waals surface area contributed by atoms with Crippen LogP contribution in [-0.2, 0) is 9.59 Å². The normalized spacial score (nSPS) is 12.2. The summed E-state index contributed by atoms with van der Waals surface area (Å²) in [5.41, 5.74) is 4.92. The second-order valence-corrected chi connectivity index (χ2v) is 3.22. The number of hydrogen-bond acceptors (Lipinski definition) is 2. The Bertz CT molecular complexity index is 185. The molecule has 0 saturated carbocycles. The number of carbonyl (C=O) groups is 2. The van der Waals surface area contributed by atoms with Crippen LogP contribution in [0.3, 0.4) is 0 Å². The van der Waals surface area contributed by atoms with E-state index in [4.69, 9.17) is 17.3 Å². The first-order valence-corrected chi connectivity index (χ1v) is 4.73. The fraction of sp³-hybridized carbons (Fsp3) is 0.750. The molecule has 0 radical (unpaired) electrons. The van der Waals surface area contributed by atoms with Crippen molar-refractivity contribution >= 4 is 23.4 Å². The third kappa shape index (κ3) is 6.40. The maximum absolute atomic E-state index is 11.1. The van der Waals surface area contributed by atoms with Crippen LogP contribution in [0.1, 0.15) is 19.8 Å². The zero-order chi connectivity index (χ0) is 10.3. The minimum atomic E-state index is -0.348. The number of rotatable bonds is 6. The van der Waals surface area contributed by atoms with Crippen molar-refractivity contribution in [3.05, 3.63) is 0 Å². The Hall–Kier alpha value is -0.770. The smallest absolute Gasteiger partial charge is 0.224 e. The highest BCUT2D eigenvalue weighted by atomic mass is 35.5. The molecule has 0 aromatic carbocycles. The molecule has 0 aliphatic carbocycles. The van der Waals surface area contributed by atoms with Gasteiger partial charge in [0.1, 0.15) is 0 Å². The van der Waals surface area contributed by atoms with Crippen molar-refractivity contribution in [3.63, 3.8) is 0 Å². The van der Waals surface area contributed by atoms with E-state index in [-0.39, 0.29) is 17.7 Å². The molecule has 0 heterocycles. The Balaban J connectivity index is 3.42. The molecule has 5 heteroatoms. The van der Waals surface area contributed by atoms with Gasteiger partial charge in [-0.2, -0.15) is 0 Å². The monoisotopic (exact) mass is 206 g/mol. The molecule has 0 saturated heterocycles. The zero-order valence-electron chi connectivity index (χ0n) is 7.68. The van der Waals surface area contributed by atoms with E-state index in [1.807, 2.05) is 0 Å². The first kappa shape index (κ1) is 12.2. The van der Waals surface area contributed by atoms with Crippen LogP contribution in [0.25, 0.3) is 0 Å². The molecule has 4 nitrogen and oxygen atoms in total. The number of alkyl halides is 1. The summed E-state index contributed by atoms with van der Waals surface area (Å²) in [6, 6.07) is 0. The van der Waals surface area contributed by atoms with Gasteiger partial charge >= 0.3 is 0 Å². The van der Waals surface area contributed by atoms with Gasteiger partial charge in [0, 0.05) is 24.8 Å². The Morgan fingerprint density at radius 2 is 2.15 bits per heavy atom. The van der Waals surface area contributed by atoms with Crippen molar-refractivity contribution in [2.75, 3.05) is 12.4 Å². The van der Waals surface area contributed by atoms with E-state index in [0.29, 0.717) is 25.3 Å². The molecule has 3 N–H and O–H groups in total. The van der Waals surface area contributed by atoms with Gasteiger partial charge in [-0.1, -0.05) is 6.92 Å². The summed E-state index contributed by atoms with van der Waals surface area (Å²) in [5.74, 6) is -0.309. The number of halogens is 1. The quantitative estimate of drug-likeness (QED) is 0.483. The Kier molecular flexibility index (Phi) is 6.32. The van der Waals surface area contributed by atoms with Gasteiger partial charge in [-0.3, -0.25) is 9.59 Å². The standard InChI is InChI=1S/C8H15ClN2O2/c1-6(5-9)8(13)11-4-2-3-7(10)12/h6H,2-5H2,1H3,(H2,10,12)(H,11,13). The molecule has 1 atom stereocenters. The number of primary amides is 1. The predicted octanol–water partition coefficient (Wildman–Crippen LogP) is 0.243. The molecule has 76 valence electrons. The SMILES string of the molecule is CC(CCl)C(=O)NCCCC(N)=O. The summed E-state index contributed by atoms with van der Waals surface area (Å²) < 4.78 is 0. The molecule has 0 fully saturated rings. The summed E-state index contributed by atoms with van der Waals surface area (Å²) in [6.45, 7) is 2.22. The minimum absolute atomic E-state index is 0.0838. The molecule has 0 aromatic heterocycles. The van der Waals surface area contributed by atoms with Crippen molar-refractivity contribution in [1.82, 2.24) is 5.32 Å². The zero-order valence-corrected chi connectivity index (χ0v) is 8.43. The van der Waals surface area contributed by atoms with E-state index in [1.54, 1.807) is 6.92 Å². The molecule has 0 aliphatic rings. The van der Waals surface area contributed by atoms with Crippen molar-refractivity contribution in [2.24, 2.45) is 11.7 Å². The van der Waals surface area contributed by atoms with Crippen LogP contribution in [-0.4, -0.2) is 24.2 Å². The number of nitrogens with two attached hydrogens (primary N) is 1. The molecule has 0 aliphatic heterocycles. The van der Waals surface area contributed by atoms with Crippen LogP contribution < -0.4 is 11.1 Å². The van der Waals surface area contributed by atoms with E-state index in [0.717, 1.165) is 0 Å². The lowest BCUT2D eigenvalue weighted by Gasteiger charge is -2.07. The highest BCUT2D eigenvalue weighted by Gasteiger charge is 2.09. The van der Waals surface area contributed by atoms with E-state index in [2.05, 4.69) is 5.32 Å². The Labute approximate surface area is 82.8 Å². The van der Waals surface area contributed by atoms with Crippen LogP contribution in [0.4, 0.5) is 0 Å². The molecule has 13 heavy (non-hydrogen) atoms. The van der Waals surface area contributed by atoms with Crippen LogP contribution in [0.5, 0.6) is 0 Å². The number of nitrogens with one attached hydrogen (secondary N) is 1. The molecule has 0 aromatic rings. The molecular weight excluding hydrogens is 192 g/mol. The van der Waals surface area contributed by atoms with Gasteiger partial charge in [-0.25, -0.2) is 0 Å². The Morgan fingerprint density at radius 1 is 1.54 bits per heavy atom. The van der Waals surface area contributed by atoms with Gasteiger partial charge in [0.25, 0.3) is 0 Å². The fourth-order valence-corrected chi connectivity index (χ4v) is 0.859. The third-order valence-corrected chi connectivity index (χ3v) is 2.04. The second kappa shape index (κ2) is 6.71. The summed E-state index contributed by atoms with van der Waals surface area (Å²) in [6.07, 6.45) is 0.881. The molecular formula is C8H15ClN2O2. The van der Waals surface area contributed by atoms with Gasteiger partial charge in [0.15, 0.2) is 0 Å². The first-order valence-electron chi connectivity index (χ1n) is 4.20. The van der Waals surface area contributed by atoms with Crippen LogP contribution >= 0.6 is 11.6 Å². The van der Waals surface area contributed by atoms with Crippen LogP contribution in [0.15, 0.2) is 0 Å². The summed E-state index contributed by atoms with van der Waals surface area (Å²) in [5, 5.41) is 2.66. The van der Waals surface area contributed by atoms with Crippen LogP contribution in [0, 0.1) is 5.92 Å². The van der Waals surface area contributed by atoms with Gasteiger partial charge in [-0.05, 0) is 6.42 Å². The first-order chi connectivity index (χ1) is 6.07. The minimum Gasteiger partial charge on any atom is -0.370 e. The van der Waals surface area contributed by atoms with Crippen molar-refractivity contribution in [1.29, 1.82) is 0 Å². The van der Waals surface area contributed by atoms with Crippen molar-refractivity contribution in [3.8, 4) is 0 Å². The molecule has 1 unspecified atom stereocenters. The van der Waals surface area contributed by atoms with Gasteiger partial charge < -0.3 is 11.1 Å². The van der Waals surface area contributed by atoms with Gasteiger partial charge in [0.2, 0.25) is 11.8 Å². The predicted molar refractivity (Wildman–Crippen MR) is 51.3 cm³/mol. The molecule has 0 spiro atoms. The highest BCUT2D eigenvalue weighted by Crippen LogP contribution is 1.97. The largest absolute Gasteiger partial charge is 0.370 e. The Morgan fingerprint density at radius 3 is 2.62 bits per heavy atom. The van der Waals surface area contributed by atoms with E-state index in [9.17, 15) is 9.59 Å². The maximum atomic E-state index is 11.1. The second-order valence-electron chi connectivity index (χ2n) is 2.92. The average Bonchev–Trinajstić information content (AvgIpc) is 2.10. The molecule has 0 rings (SSSR count). The summed E-state index contributed by atoms with van der Waals surface area (Å²) in [7, 11) is 0. The lowest BCUT2D eigenvalue weighted by molar-refractivity contribution is -0.124. The molecule has 0 bridgehead atoms. The van der Waals surface area contributed by atoms with E-state index < -0.39 is 0 Å². The summed E-state index contributed by atoms with van der Waals surface area (Å²) in [4.78, 5) is 21.4. The van der Waals surface area contributed by atoms with Gasteiger partial charge in [0.05, 0.1) is 0 Å². The van der Waals surface area contributed by atoms with E-state index in [1.165, 1.54) is 0 Å².